The second-order valence-electron chi connectivity index (χ2n) is 4.03. The molecule has 0 spiro atoms. The maximum absolute atomic E-state index is 11.2. The summed E-state index contributed by atoms with van der Waals surface area (Å²) in [7, 11) is 1.38. The molecule has 1 unspecified atom stereocenters. The smallest absolute Gasteiger partial charge is 0.337 e. The Hall–Kier alpha value is -1.55. The average molecular weight is 220 g/mol. The minimum atomic E-state index is -0.301. The fraction of sp³-hybridized carbons (Fsp3) is 0.417. The fourth-order valence-electron chi connectivity index (χ4n) is 1.95. The van der Waals surface area contributed by atoms with E-state index in [0.29, 0.717) is 5.56 Å². The number of rotatable bonds is 2. The number of anilines is 1. The van der Waals surface area contributed by atoms with E-state index in [2.05, 4.69) is 9.64 Å². The van der Waals surface area contributed by atoms with E-state index in [0.717, 1.165) is 25.2 Å². The number of methoxy groups -OCH3 is 1. The predicted octanol–water partition coefficient (Wildman–Crippen LogP) is 1.01. The summed E-state index contributed by atoms with van der Waals surface area (Å²) in [6.07, 6.45) is 1.03. The van der Waals surface area contributed by atoms with E-state index in [1.807, 2.05) is 12.1 Å². The lowest BCUT2D eigenvalue weighted by atomic mass is 10.2. The summed E-state index contributed by atoms with van der Waals surface area (Å²) < 4.78 is 4.65. The zero-order valence-corrected chi connectivity index (χ0v) is 9.35. The van der Waals surface area contributed by atoms with Gasteiger partial charge in [-0.1, -0.05) is 0 Å². The van der Waals surface area contributed by atoms with Crippen LogP contribution in [0, 0.1) is 0 Å². The van der Waals surface area contributed by atoms with Crippen LogP contribution in [0.2, 0.25) is 0 Å². The highest BCUT2D eigenvalue weighted by atomic mass is 16.5. The molecule has 1 saturated heterocycles. The monoisotopic (exact) mass is 220 g/mol. The quantitative estimate of drug-likeness (QED) is 0.756. The number of hydrogen-bond donors (Lipinski definition) is 1. The molecule has 0 radical (unpaired) electrons. The van der Waals surface area contributed by atoms with Gasteiger partial charge in [0.25, 0.3) is 0 Å². The van der Waals surface area contributed by atoms with Crippen molar-refractivity contribution in [2.24, 2.45) is 5.73 Å². The van der Waals surface area contributed by atoms with Crippen molar-refractivity contribution >= 4 is 11.7 Å². The normalized spacial score (nSPS) is 19.9. The van der Waals surface area contributed by atoms with Gasteiger partial charge in [0.1, 0.15) is 0 Å². The van der Waals surface area contributed by atoms with Gasteiger partial charge in [-0.3, -0.25) is 0 Å². The minimum absolute atomic E-state index is 0.264. The molecule has 0 amide bonds. The Balaban J connectivity index is 2.10. The molecule has 1 aromatic rings. The van der Waals surface area contributed by atoms with Gasteiger partial charge in [-0.15, -0.1) is 0 Å². The molecule has 1 atom stereocenters. The van der Waals surface area contributed by atoms with Crippen molar-refractivity contribution in [1.29, 1.82) is 0 Å². The Labute approximate surface area is 95.0 Å². The maximum atomic E-state index is 11.2. The van der Waals surface area contributed by atoms with Gasteiger partial charge in [0.2, 0.25) is 0 Å². The number of nitrogens with two attached hydrogens (primary N) is 1. The number of carbonyl (C=O) groups excluding carboxylic acids is 1. The van der Waals surface area contributed by atoms with Gasteiger partial charge in [-0.2, -0.15) is 0 Å². The first-order valence-electron chi connectivity index (χ1n) is 5.39. The molecular weight excluding hydrogens is 204 g/mol. The molecule has 4 nitrogen and oxygen atoms in total. The first-order chi connectivity index (χ1) is 7.70. The van der Waals surface area contributed by atoms with E-state index >= 15 is 0 Å². The van der Waals surface area contributed by atoms with Crippen LogP contribution in [0.3, 0.4) is 0 Å². The number of ether oxygens (including phenoxy) is 1. The SMILES string of the molecule is COC(=O)c1ccc(N2CCC(N)C2)cc1. The van der Waals surface area contributed by atoms with Gasteiger partial charge in [-0.05, 0) is 30.7 Å². The Morgan fingerprint density at radius 2 is 2.12 bits per heavy atom. The molecule has 0 aliphatic carbocycles. The zero-order chi connectivity index (χ0) is 11.5. The van der Waals surface area contributed by atoms with E-state index < -0.39 is 0 Å². The van der Waals surface area contributed by atoms with Crippen molar-refractivity contribution in [3.8, 4) is 0 Å². The average Bonchev–Trinajstić information content (AvgIpc) is 2.75. The van der Waals surface area contributed by atoms with E-state index in [-0.39, 0.29) is 12.0 Å². The van der Waals surface area contributed by atoms with Gasteiger partial charge in [-0.25, -0.2) is 4.79 Å². The standard InChI is InChI=1S/C12H16N2O2/c1-16-12(15)9-2-4-11(5-3-9)14-7-6-10(13)8-14/h2-5,10H,6-8,13H2,1H3. The molecular formula is C12H16N2O2. The minimum Gasteiger partial charge on any atom is -0.465 e. The Morgan fingerprint density at radius 1 is 1.44 bits per heavy atom. The summed E-state index contributed by atoms with van der Waals surface area (Å²) in [6.45, 7) is 1.87. The van der Waals surface area contributed by atoms with Crippen LogP contribution in [0.4, 0.5) is 5.69 Å². The van der Waals surface area contributed by atoms with Crippen LogP contribution in [-0.2, 0) is 4.74 Å². The molecule has 4 heteroatoms. The van der Waals surface area contributed by atoms with E-state index in [4.69, 9.17) is 5.73 Å². The van der Waals surface area contributed by atoms with Crippen molar-refractivity contribution < 1.29 is 9.53 Å². The van der Waals surface area contributed by atoms with Crippen LogP contribution in [0.25, 0.3) is 0 Å². The molecule has 1 heterocycles. The summed E-state index contributed by atoms with van der Waals surface area (Å²) >= 11 is 0. The number of carbonyl (C=O) groups is 1. The molecule has 2 rings (SSSR count). The van der Waals surface area contributed by atoms with Crippen molar-refractivity contribution in [2.75, 3.05) is 25.1 Å². The molecule has 2 N–H and O–H groups in total. The first-order valence-corrected chi connectivity index (χ1v) is 5.39. The third-order valence-electron chi connectivity index (χ3n) is 2.88. The van der Waals surface area contributed by atoms with Gasteiger partial charge in [0, 0.05) is 24.8 Å². The van der Waals surface area contributed by atoms with Gasteiger partial charge in [0.15, 0.2) is 0 Å². The highest BCUT2D eigenvalue weighted by molar-refractivity contribution is 5.89. The molecule has 1 aliphatic heterocycles. The molecule has 1 aliphatic rings. The van der Waals surface area contributed by atoms with Crippen LogP contribution in [0.5, 0.6) is 0 Å². The summed E-state index contributed by atoms with van der Waals surface area (Å²) in [5.41, 5.74) is 7.54. The fourth-order valence-corrected chi connectivity index (χ4v) is 1.95. The lowest BCUT2D eigenvalue weighted by Crippen LogP contribution is -2.26. The highest BCUT2D eigenvalue weighted by Crippen LogP contribution is 2.20. The van der Waals surface area contributed by atoms with Crippen LogP contribution in [0.1, 0.15) is 16.8 Å². The Morgan fingerprint density at radius 3 is 2.62 bits per heavy atom. The van der Waals surface area contributed by atoms with Crippen LogP contribution < -0.4 is 10.6 Å². The van der Waals surface area contributed by atoms with Crippen molar-refractivity contribution in [1.82, 2.24) is 0 Å². The number of nitrogens with zero attached hydrogens (tertiary/aromatic N) is 1. The summed E-state index contributed by atoms with van der Waals surface area (Å²) in [4.78, 5) is 13.5. The number of benzene rings is 1. The molecule has 0 saturated carbocycles. The molecule has 1 fully saturated rings. The molecule has 0 aromatic heterocycles. The zero-order valence-electron chi connectivity index (χ0n) is 9.35. The van der Waals surface area contributed by atoms with E-state index in [9.17, 15) is 4.79 Å². The van der Waals surface area contributed by atoms with E-state index in [1.165, 1.54) is 7.11 Å². The second-order valence-corrected chi connectivity index (χ2v) is 4.03. The molecule has 0 bridgehead atoms. The van der Waals surface area contributed by atoms with Crippen LogP contribution >= 0.6 is 0 Å². The van der Waals surface area contributed by atoms with Gasteiger partial charge >= 0.3 is 5.97 Å². The third-order valence-corrected chi connectivity index (χ3v) is 2.88. The van der Waals surface area contributed by atoms with Gasteiger partial charge < -0.3 is 15.4 Å². The Bertz CT molecular complexity index is 375. The van der Waals surface area contributed by atoms with Crippen LogP contribution in [-0.4, -0.2) is 32.2 Å². The molecule has 16 heavy (non-hydrogen) atoms. The summed E-state index contributed by atoms with van der Waals surface area (Å²) in [5, 5.41) is 0. The predicted molar refractivity (Wildman–Crippen MR) is 62.6 cm³/mol. The third kappa shape index (κ3) is 2.17. The first kappa shape index (κ1) is 11.0. The number of esters is 1. The topological polar surface area (TPSA) is 55.6 Å². The van der Waals surface area contributed by atoms with Crippen molar-refractivity contribution in [3.05, 3.63) is 29.8 Å². The lowest BCUT2D eigenvalue weighted by Gasteiger charge is -2.18. The molecule has 1 aromatic carbocycles. The van der Waals surface area contributed by atoms with Crippen molar-refractivity contribution in [2.45, 2.75) is 12.5 Å². The second kappa shape index (κ2) is 4.53. The largest absolute Gasteiger partial charge is 0.465 e. The summed E-state index contributed by atoms with van der Waals surface area (Å²) in [6, 6.07) is 7.70. The summed E-state index contributed by atoms with van der Waals surface area (Å²) in [5.74, 6) is -0.301. The lowest BCUT2D eigenvalue weighted by molar-refractivity contribution is 0.0601. The van der Waals surface area contributed by atoms with Crippen molar-refractivity contribution in [3.63, 3.8) is 0 Å². The van der Waals surface area contributed by atoms with E-state index in [1.54, 1.807) is 12.1 Å². The molecule has 86 valence electrons. The maximum Gasteiger partial charge on any atom is 0.337 e. The van der Waals surface area contributed by atoms with Crippen LogP contribution in [0.15, 0.2) is 24.3 Å². The Kier molecular flexibility index (Phi) is 3.10. The highest BCUT2D eigenvalue weighted by Gasteiger charge is 2.19. The van der Waals surface area contributed by atoms with Gasteiger partial charge in [0.05, 0.1) is 12.7 Å². The number of hydrogen-bond acceptors (Lipinski definition) is 4.